The maximum absolute atomic E-state index is 14.2. The second kappa shape index (κ2) is 9.49. The molecule has 0 bridgehead atoms. The third kappa shape index (κ3) is 5.52. The predicted molar refractivity (Wildman–Crippen MR) is 122 cm³/mol. The van der Waals surface area contributed by atoms with Crippen LogP contribution < -0.4 is 15.8 Å². The fraction of sp³-hybridized carbons (Fsp3) is 0.250. The first-order chi connectivity index (χ1) is 14.6. The Morgan fingerprint density at radius 3 is 2.71 bits per heavy atom. The maximum atomic E-state index is 14.2. The lowest BCUT2D eigenvalue weighted by Gasteiger charge is -2.18. The molecule has 0 radical (unpaired) electrons. The van der Waals surface area contributed by atoms with E-state index >= 15 is 0 Å². The van der Waals surface area contributed by atoms with E-state index in [1.54, 1.807) is 6.07 Å². The van der Waals surface area contributed by atoms with Crippen LogP contribution in [0.1, 0.15) is 16.8 Å². The lowest BCUT2D eigenvalue weighted by molar-refractivity contribution is 0.0996. The second-order valence-electron chi connectivity index (χ2n) is 6.98. The third-order valence-electron chi connectivity index (χ3n) is 4.81. The second-order valence-corrected chi connectivity index (χ2v) is 10.1. The minimum atomic E-state index is -3.53. The van der Waals surface area contributed by atoms with Crippen LogP contribution in [0.15, 0.2) is 42.3 Å². The summed E-state index contributed by atoms with van der Waals surface area (Å²) in [5.41, 5.74) is 5.36. The Hall–Kier alpha value is -2.25. The number of hydrogen-bond donors (Lipinski definition) is 2. The number of nitrogens with one attached hydrogen (secondary N) is 1. The van der Waals surface area contributed by atoms with Crippen LogP contribution in [0.4, 0.5) is 20.2 Å². The van der Waals surface area contributed by atoms with E-state index in [0.29, 0.717) is 16.5 Å². The van der Waals surface area contributed by atoms with Gasteiger partial charge in [-0.1, -0.05) is 6.58 Å². The summed E-state index contributed by atoms with van der Waals surface area (Å²) in [6, 6.07) is 6.43. The molecular weight excluding hydrogens is 543 g/mol. The molecule has 0 aliphatic carbocycles. The number of amides is 1. The molecule has 1 saturated heterocycles. The van der Waals surface area contributed by atoms with Gasteiger partial charge in [-0.25, -0.2) is 17.2 Å². The van der Waals surface area contributed by atoms with Crippen molar-refractivity contribution in [1.82, 2.24) is 4.31 Å². The summed E-state index contributed by atoms with van der Waals surface area (Å²) in [6.07, 6.45) is 0.535. The molecule has 0 saturated carbocycles. The number of rotatable bonds is 8. The zero-order valence-corrected chi connectivity index (χ0v) is 19.3. The zero-order valence-electron chi connectivity index (χ0n) is 16.3. The lowest BCUT2D eigenvalue weighted by atomic mass is 10.1. The van der Waals surface area contributed by atoms with Crippen molar-refractivity contribution in [2.45, 2.75) is 6.42 Å². The van der Waals surface area contributed by atoms with Crippen LogP contribution in [0.5, 0.6) is 5.75 Å². The molecule has 11 heteroatoms. The number of primary amides is 1. The summed E-state index contributed by atoms with van der Waals surface area (Å²) in [7, 11) is -3.53. The Bertz CT molecular complexity index is 1130. The summed E-state index contributed by atoms with van der Waals surface area (Å²) in [4.78, 5) is 12.1. The number of nitrogens with zero attached hydrogens (tertiary/aromatic N) is 1. The Kier molecular flexibility index (Phi) is 7.17. The van der Waals surface area contributed by atoms with E-state index in [1.807, 2.05) is 22.6 Å². The molecule has 0 spiro atoms. The summed E-state index contributed by atoms with van der Waals surface area (Å²) < 4.78 is 59.9. The number of ether oxygens (including phenoxy) is 1. The highest BCUT2D eigenvalue weighted by molar-refractivity contribution is 14.1. The number of benzene rings is 2. The highest BCUT2D eigenvalue weighted by Gasteiger charge is 2.30. The van der Waals surface area contributed by atoms with Gasteiger partial charge in [0, 0.05) is 34.1 Å². The fourth-order valence-corrected chi connectivity index (χ4v) is 4.70. The number of halogens is 3. The van der Waals surface area contributed by atoms with Crippen molar-refractivity contribution in [2.75, 3.05) is 25.0 Å². The van der Waals surface area contributed by atoms with E-state index in [1.165, 1.54) is 16.4 Å². The van der Waals surface area contributed by atoms with Crippen LogP contribution in [0, 0.1) is 21.1 Å². The van der Waals surface area contributed by atoms with Gasteiger partial charge in [0.25, 0.3) is 5.91 Å². The first kappa shape index (κ1) is 23.4. The van der Waals surface area contributed by atoms with Gasteiger partial charge in [0.1, 0.15) is 22.9 Å². The first-order valence-electron chi connectivity index (χ1n) is 9.21. The fourth-order valence-electron chi connectivity index (χ4n) is 3.26. The molecule has 7 nitrogen and oxygen atoms in total. The molecule has 2 aromatic rings. The van der Waals surface area contributed by atoms with Gasteiger partial charge in [0.2, 0.25) is 10.0 Å². The molecule has 1 fully saturated rings. The van der Waals surface area contributed by atoms with Gasteiger partial charge in [-0.05, 0) is 53.3 Å². The summed E-state index contributed by atoms with van der Waals surface area (Å²) in [5.74, 6) is -2.44. The molecule has 1 amide bonds. The number of nitrogens with two attached hydrogens (primary N) is 1. The Morgan fingerprint density at radius 1 is 1.32 bits per heavy atom. The highest BCUT2D eigenvalue weighted by Crippen LogP contribution is 2.32. The van der Waals surface area contributed by atoms with Crippen molar-refractivity contribution in [3.8, 4) is 5.75 Å². The molecule has 1 heterocycles. The van der Waals surface area contributed by atoms with Crippen molar-refractivity contribution in [1.29, 1.82) is 0 Å². The van der Waals surface area contributed by atoms with Crippen LogP contribution in [-0.2, 0) is 10.0 Å². The average molecular weight is 563 g/mol. The van der Waals surface area contributed by atoms with Gasteiger partial charge in [-0.15, -0.1) is 0 Å². The monoisotopic (exact) mass is 563 g/mol. The summed E-state index contributed by atoms with van der Waals surface area (Å²) in [6.45, 7) is 3.88. The first-order valence-corrected chi connectivity index (χ1v) is 11.8. The molecule has 2 aromatic carbocycles. The van der Waals surface area contributed by atoms with E-state index in [9.17, 15) is 22.0 Å². The van der Waals surface area contributed by atoms with Crippen molar-refractivity contribution in [3.05, 3.63) is 63.1 Å². The number of anilines is 2. The van der Waals surface area contributed by atoms with Crippen LogP contribution in [0.25, 0.3) is 0 Å². The van der Waals surface area contributed by atoms with Gasteiger partial charge in [-0.3, -0.25) is 4.79 Å². The standard InChI is InChI=1S/C20H20F2IN3O4S/c1-2-31(28,29)26-6-5-12(10-26)11-30-18-8-13(21)7-17(19(18)20(24)27)25-16-4-3-14(23)9-15(16)22/h2-4,7-9,12,25H,1,5-6,10-11H2,(H2,24,27). The molecule has 1 aliphatic heterocycles. The largest absolute Gasteiger partial charge is 0.492 e. The van der Waals surface area contributed by atoms with Gasteiger partial charge in [0.15, 0.2) is 0 Å². The van der Waals surface area contributed by atoms with E-state index in [0.717, 1.165) is 17.5 Å². The Balaban J connectivity index is 1.82. The van der Waals surface area contributed by atoms with Gasteiger partial charge in [0.05, 0.1) is 18.0 Å². The number of carbonyl (C=O) groups excluding carboxylic acids is 1. The molecule has 1 unspecified atom stereocenters. The quantitative estimate of drug-likeness (QED) is 0.479. The molecule has 3 N–H and O–H groups in total. The molecule has 166 valence electrons. The van der Waals surface area contributed by atoms with Crippen molar-refractivity contribution < 1.29 is 26.7 Å². The van der Waals surface area contributed by atoms with E-state index < -0.39 is 27.6 Å². The van der Waals surface area contributed by atoms with Crippen LogP contribution in [0.3, 0.4) is 0 Å². The predicted octanol–water partition coefficient (Wildman–Crippen LogP) is 3.59. The minimum Gasteiger partial charge on any atom is -0.492 e. The molecule has 1 atom stereocenters. The van der Waals surface area contributed by atoms with Crippen LogP contribution in [-0.4, -0.2) is 38.3 Å². The molecule has 0 aromatic heterocycles. The Labute approximate surface area is 192 Å². The zero-order chi connectivity index (χ0) is 22.8. The number of carbonyl (C=O) groups is 1. The summed E-state index contributed by atoms with van der Waals surface area (Å²) >= 11 is 1.95. The molecule has 31 heavy (non-hydrogen) atoms. The van der Waals surface area contributed by atoms with E-state index in [4.69, 9.17) is 10.5 Å². The van der Waals surface area contributed by atoms with E-state index in [2.05, 4.69) is 11.9 Å². The maximum Gasteiger partial charge on any atom is 0.254 e. The van der Waals surface area contributed by atoms with Crippen molar-refractivity contribution >= 4 is 49.9 Å². The topological polar surface area (TPSA) is 102 Å². The highest BCUT2D eigenvalue weighted by atomic mass is 127. The molecule has 1 aliphatic rings. The lowest BCUT2D eigenvalue weighted by Crippen LogP contribution is -2.27. The normalized spacial score (nSPS) is 16.8. The number of hydrogen-bond acceptors (Lipinski definition) is 5. The Morgan fingerprint density at radius 2 is 2.06 bits per heavy atom. The average Bonchev–Trinajstić information content (AvgIpc) is 3.18. The van der Waals surface area contributed by atoms with E-state index in [-0.39, 0.29) is 41.8 Å². The van der Waals surface area contributed by atoms with Gasteiger partial charge < -0.3 is 15.8 Å². The molecule has 3 rings (SSSR count). The van der Waals surface area contributed by atoms with Crippen molar-refractivity contribution in [2.24, 2.45) is 11.7 Å². The minimum absolute atomic E-state index is 0.0371. The van der Waals surface area contributed by atoms with Gasteiger partial charge in [-0.2, -0.15) is 4.31 Å². The number of sulfonamides is 1. The summed E-state index contributed by atoms with van der Waals surface area (Å²) in [5, 5.41) is 3.58. The van der Waals surface area contributed by atoms with Crippen molar-refractivity contribution in [3.63, 3.8) is 0 Å². The smallest absolute Gasteiger partial charge is 0.254 e. The molecular formula is C20H20F2IN3O4S. The van der Waals surface area contributed by atoms with Gasteiger partial charge >= 0.3 is 0 Å². The van der Waals surface area contributed by atoms with Crippen LogP contribution >= 0.6 is 22.6 Å². The van der Waals surface area contributed by atoms with Crippen LogP contribution in [0.2, 0.25) is 0 Å². The SMILES string of the molecule is C=CS(=O)(=O)N1CCC(COc2cc(F)cc(Nc3ccc(I)cc3F)c2C(N)=O)C1. The third-order valence-corrected chi connectivity index (χ3v) is 6.95.